The molecule has 2 fully saturated rings. The van der Waals surface area contributed by atoms with Gasteiger partial charge >= 0.3 is 12.0 Å². The van der Waals surface area contributed by atoms with E-state index >= 15 is 0 Å². The van der Waals surface area contributed by atoms with Crippen LogP contribution < -0.4 is 5.32 Å². The largest absolute Gasteiger partial charge is 0.479 e. The quantitative estimate of drug-likeness (QED) is 0.699. The second-order valence-electron chi connectivity index (χ2n) is 4.19. The van der Waals surface area contributed by atoms with E-state index < -0.39 is 11.5 Å². The van der Waals surface area contributed by atoms with Crippen molar-refractivity contribution in [3.05, 3.63) is 0 Å². The Morgan fingerprint density at radius 1 is 1.44 bits per heavy atom. The highest BCUT2D eigenvalue weighted by Gasteiger charge is 2.48. The number of carbonyl (C=O) groups excluding carboxylic acids is 1. The van der Waals surface area contributed by atoms with Crippen LogP contribution in [0.3, 0.4) is 0 Å². The highest BCUT2D eigenvalue weighted by atomic mass is 16.5. The predicted molar refractivity (Wildman–Crippen MR) is 55.1 cm³/mol. The molecule has 0 aromatic heterocycles. The number of aliphatic carboxylic acids is 1. The molecule has 6 heteroatoms. The van der Waals surface area contributed by atoms with Gasteiger partial charge in [-0.15, -0.1) is 0 Å². The summed E-state index contributed by atoms with van der Waals surface area (Å²) in [5, 5.41) is 12.1. The van der Waals surface area contributed by atoms with Crippen molar-refractivity contribution < 1.29 is 19.4 Å². The van der Waals surface area contributed by atoms with Crippen molar-refractivity contribution in [3.8, 4) is 0 Å². The minimum Gasteiger partial charge on any atom is -0.479 e. The number of carboxylic acid groups (broad SMARTS) is 1. The van der Waals surface area contributed by atoms with Gasteiger partial charge in [-0.3, -0.25) is 0 Å². The molecule has 0 spiro atoms. The van der Waals surface area contributed by atoms with Crippen LogP contribution in [0.15, 0.2) is 0 Å². The third kappa shape index (κ3) is 1.73. The molecule has 0 unspecified atom stereocenters. The maximum atomic E-state index is 11.7. The molecule has 2 saturated heterocycles. The maximum absolute atomic E-state index is 11.7. The molecule has 2 heterocycles. The number of urea groups is 1. The Hall–Kier alpha value is -1.30. The van der Waals surface area contributed by atoms with Crippen LogP contribution in [0.25, 0.3) is 0 Å². The predicted octanol–water partition coefficient (Wildman–Crippen LogP) is 0.0355. The molecule has 6 nitrogen and oxygen atoms in total. The van der Waals surface area contributed by atoms with Gasteiger partial charge in [0.25, 0.3) is 0 Å². The van der Waals surface area contributed by atoms with E-state index in [1.807, 2.05) is 0 Å². The molecule has 2 aliphatic rings. The van der Waals surface area contributed by atoms with Gasteiger partial charge in [-0.2, -0.15) is 0 Å². The topological polar surface area (TPSA) is 78.9 Å². The lowest BCUT2D eigenvalue weighted by Crippen LogP contribution is -2.64. The summed E-state index contributed by atoms with van der Waals surface area (Å²) in [6.07, 6.45) is 1.53. The number of carboxylic acids is 1. The lowest BCUT2D eigenvalue weighted by Gasteiger charge is -2.44. The molecule has 0 aromatic carbocycles. The first kappa shape index (κ1) is 11.2. The summed E-state index contributed by atoms with van der Waals surface area (Å²) in [7, 11) is 0. The van der Waals surface area contributed by atoms with Crippen LogP contribution in [-0.2, 0) is 9.53 Å². The third-order valence-electron chi connectivity index (χ3n) is 3.31. The van der Waals surface area contributed by atoms with Gasteiger partial charge in [-0.05, 0) is 6.42 Å². The molecule has 2 rings (SSSR count). The molecule has 0 bridgehead atoms. The Morgan fingerprint density at radius 3 is 2.69 bits per heavy atom. The highest BCUT2D eigenvalue weighted by molar-refractivity contribution is 5.86. The first-order valence-electron chi connectivity index (χ1n) is 5.53. The molecular weight excluding hydrogens is 212 g/mol. The van der Waals surface area contributed by atoms with Gasteiger partial charge in [0, 0.05) is 39.1 Å². The molecule has 0 aliphatic carbocycles. The first-order valence-corrected chi connectivity index (χ1v) is 5.53. The van der Waals surface area contributed by atoms with Crippen LogP contribution in [0.1, 0.15) is 19.3 Å². The van der Waals surface area contributed by atoms with E-state index in [0.29, 0.717) is 39.1 Å². The second kappa shape index (κ2) is 4.29. The normalized spacial score (nSPS) is 25.0. The molecule has 0 atom stereocenters. The van der Waals surface area contributed by atoms with Crippen molar-refractivity contribution in [2.75, 3.05) is 26.3 Å². The van der Waals surface area contributed by atoms with Gasteiger partial charge in [-0.25, -0.2) is 9.59 Å². The second-order valence-corrected chi connectivity index (χ2v) is 4.19. The summed E-state index contributed by atoms with van der Waals surface area (Å²) >= 11 is 0. The molecule has 16 heavy (non-hydrogen) atoms. The molecule has 2 N–H and O–H groups in total. The number of hydrogen-bond donors (Lipinski definition) is 2. The summed E-state index contributed by atoms with van der Waals surface area (Å²) in [6.45, 7) is 1.94. The molecule has 2 amide bonds. The van der Waals surface area contributed by atoms with Gasteiger partial charge in [-0.1, -0.05) is 0 Å². The Labute approximate surface area is 93.6 Å². The summed E-state index contributed by atoms with van der Waals surface area (Å²) in [5.41, 5.74) is -1.07. The van der Waals surface area contributed by atoms with Crippen molar-refractivity contribution in [1.82, 2.24) is 10.2 Å². The Kier molecular flexibility index (Phi) is 3.00. The Morgan fingerprint density at radius 2 is 2.12 bits per heavy atom. The smallest absolute Gasteiger partial charge is 0.329 e. The van der Waals surface area contributed by atoms with Crippen molar-refractivity contribution in [2.24, 2.45) is 0 Å². The first-order chi connectivity index (χ1) is 7.67. The van der Waals surface area contributed by atoms with Gasteiger partial charge in [0.15, 0.2) is 0 Å². The van der Waals surface area contributed by atoms with Gasteiger partial charge in [0.1, 0.15) is 5.54 Å². The van der Waals surface area contributed by atoms with E-state index in [2.05, 4.69) is 5.32 Å². The molecule has 0 aromatic rings. The minimum absolute atomic E-state index is 0.268. The van der Waals surface area contributed by atoms with E-state index in [-0.39, 0.29) is 6.03 Å². The molecule has 0 saturated carbocycles. The SMILES string of the molecule is O=C1NCCCN1C1(C(=O)O)CCOCC1. The monoisotopic (exact) mass is 228 g/mol. The van der Waals surface area contributed by atoms with E-state index in [0.717, 1.165) is 6.42 Å². The molecule has 0 radical (unpaired) electrons. The van der Waals surface area contributed by atoms with Crippen molar-refractivity contribution in [3.63, 3.8) is 0 Å². The van der Waals surface area contributed by atoms with Crippen LogP contribution in [0.2, 0.25) is 0 Å². The summed E-state index contributed by atoms with van der Waals surface area (Å²) < 4.78 is 5.18. The highest BCUT2D eigenvalue weighted by Crippen LogP contribution is 2.29. The summed E-state index contributed by atoms with van der Waals surface area (Å²) in [4.78, 5) is 24.6. The van der Waals surface area contributed by atoms with E-state index in [1.165, 1.54) is 4.90 Å². The third-order valence-corrected chi connectivity index (χ3v) is 3.31. The van der Waals surface area contributed by atoms with Crippen LogP contribution >= 0.6 is 0 Å². The molecule has 90 valence electrons. The van der Waals surface area contributed by atoms with E-state index in [1.54, 1.807) is 0 Å². The van der Waals surface area contributed by atoms with Crippen LogP contribution in [0.4, 0.5) is 4.79 Å². The number of hydrogen-bond acceptors (Lipinski definition) is 3. The Balaban J connectivity index is 2.23. The van der Waals surface area contributed by atoms with Crippen molar-refractivity contribution in [2.45, 2.75) is 24.8 Å². The Bertz CT molecular complexity index is 297. The summed E-state index contributed by atoms with van der Waals surface area (Å²) in [6, 6.07) is -0.268. The van der Waals surface area contributed by atoms with Gasteiger partial charge in [0.05, 0.1) is 0 Å². The zero-order valence-electron chi connectivity index (χ0n) is 9.07. The average molecular weight is 228 g/mol. The zero-order chi connectivity index (χ0) is 11.6. The van der Waals surface area contributed by atoms with Gasteiger partial charge < -0.3 is 20.1 Å². The maximum Gasteiger partial charge on any atom is 0.329 e. The minimum atomic E-state index is -1.07. The van der Waals surface area contributed by atoms with Crippen molar-refractivity contribution in [1.29, 1.82) is 0 Å². The summed E-state index contributed by atoms with van der Waals surface area (Å²) in [5.74, 6) is -0.923. The number of carbonyl (C=O) groups is 2. The van der Waals surface area contributed by atoms with Crippen LogP contribution in [0.5, 0.6) is 0 Å². The number of rotatable bonds is 2. The van der Waals surface area contributed by atoms with Crippen LogP contribution in [0, 0.1) is 0 Å². The number of nitrogens with zero attached hydrogens (tertiary/aromatic N) is 1. The van der Waals surface area contributed by atoms with E-state index in [9.17, 15) is 14.7 Å². The average Bonchev–Trinajstić information content (AvgIpc) is 2.30. The van der Waals surface area contributed by atoms with Gasteiger partial charge in [0.2, 0.25) is 0 Å². The number of nitrogens with one attached hydrogen (secondary N) is 1. The molecule has 2 aliphatic heterocycles. The fourth-order valence-corrected chi connectivity index (χ4v) is 2.35. The van der Waals surface area contributed by atoms with Crippen LogP contribution in [-0.4, -0.2) is 53.8 Å². The van der Waals surface area contributed by atoms with E-state index in [4.69, 9.17) is 4.74 Å². The fourth-order valence-electron chi connectivity index (χ4n) is 2.35. The zero-order valence-corrected chi connectivity index (χ0v) is 9.07. The number of amides is 2. The lowest BCUT2D eigenvalue weighted by atomic mass is 9.87. The van der Waals surface area contributed by atoms with Crippen molar-refractivity contribution >= 4 is 12.0 Å². The lowest BCUT2D eigenvalue weighted by molar-refractivity contribution is -0.156. The standard InChI is InChI=1S/C10H16N2O4/c13-8(14)10(2-6-16-7-3-10)12-5-1-4-11-9(12)15/h1-7H2,(H,11,15)(H,13,14). The number of ether oxygens (including phenoxy) is 1. The molecular formula is C10H16N2O4. The fraction of sp³-hybridized carbons (Fsp3) is 0.800.